The predicted molar refractivity (Wildman–Crippen MR) is 69.6 cm³/mol. The van der Waals surface area contributed by atoms with E-state index in [1.54, 1.807) is 0 Å². The molecule has 0 saturated carbocycles. The molecule has 1 heterocycles. The number of halogens is 3. The second kappa shape index (κ2) is 5.98. The first-order valence-electron chi connectivity index (χ1n) is 6.52. The van der Waals surface area contributed by atoms with Crippen LogP contribution in [0.1, 0.15) is 11.1 Å². The van der Waals surface area contributed by atoms with E-state index in [9.17, 15) is 37.8 Å². The second-order valence-electron chi connectivity index (χ2n) is 5.13. The summed E-state index contributed by atoms with van der Waals surface area (Å²) in [5.74, 6) is -5.71. The van der Waals surface area contributed by atoms with Crippen molar-refractivity contribution in [2.45, 2.75) is 23.8 Å². The molecule has 1 fully saturated rings. The Bertz CT molecular complexity index is 739. The number of hydrogen-bond donors (Lipinski definition) is 4. The predicted octanol–water partition coefficient (Wildman–Crippen LogP) is -1.28. The Morgan fingerprint density at radius 1 is 1.16 bits per heavy atom. The van der Waals surface area contributed by atoms with Gasteiger partial charge in [-0.25, -0.2) is 9.59 Å². The van der Waals surface area contributed by atoms with E-state index in [1.165, 1.54) is 5.64 Å². The van der Waals surface area contributed by atoms with E-state index in [1.807, 2.05) is 0 Å². The molecule has 1 aliphatic heterocycles. The number of rotatable bonds is 3. The monoisotopic (exact) mass is 364 g/mol. The zero-order valence-corrected chi connectivity index (χ0v) is 12.2. The van der Waals surface area contributed by atoms with Gasteiger partial charge in [-0.05, 0) is 11.6 Å². The maximum Gasteiger partial charge on any atom is 0.416 e. The van der Waals surface area contributed by atoms with Crippen LogP contribution in [0.4, 0.5) is 13.2 Å². The van der Waals surface area contributed by atoms with Crippen molar-refractivity contribution >= 4 is 17.8 Å². The smallest absolute Gasteiger partial charge is 0.375 e. The molecule has 9 nitrogen and oxygen atoms in total. The fourth-order valence-corrected chi connectivity index (χ4v) is 2.30. The van der Waals surface area contributed by atoms with E-state index in [-0.39, 0.29) is 0 Å². The second-order valence-corrected chi connectivity index (χ2v) is 5.13. The molecule has 0 spiro atoms. The summed E-state index contributed by atoms with van der Waals surface area (Å²) in [6.07, 6.45) is -6.21. The van der Waals surface area contributed by atoms with Gasteiger partial charge in [0.1, 0.15) is 0 Å². The van der Waals surface area contributed by atoms with E-state index in [0.717, 1.165) is 18.2 Å². The third-order valence-electron chi connectivity index (χ3n) is 3.63. The molecule has 0 aromatic heterocycles. The highest BCUT2D eigenvalue weighted by atomic mass is 19.4. The molecule has 12 heteroatoms. The summed E-state index contributed by atoms with van der Waals surface area (Å²) in [4.78, 5) is 43.4. The molecule has 0 bridgehead atoms. The van der Waals surface area contributed by atoms with E-state index >= 15 is 0 Å². The number of aliphatic hydroxyl groups is 2. The molecule has 1 amide bonds. The minimum absolute atomic E-state index is 0.640. The van der Waals surface area contributed by atoms with Gasteiger partial charge in [-0.3, -0.25) is 4.79 Å². The third kappa shape index (κ3) is 2.90. The highest BCUT2D eigenvalue weighted by molar-refractivity contribution is 6.11. The molecular weight excluding hydrogens is 353 g/mol. The highest BCUT2D eigenvalue weighted by Gasteiger charge is 2.68. The van der Waals surface area contributed by atoms with Crippen LogP contribution in [0.3, 0.4) is 0 Å². The van der Waals surface area contributed by atoms with Crippen LogP contribution in [0.5, 0.6) is 0 Å². The first-order chi connectivity index (χ1) is 11.4. The van der Waals surface area contributed by atoms with Crippen LogP contribution in [0.15, 0.2) is 24.3 Å². The van der Waals surface area contributed by atoms with Crippen molar-refractivity contribution in [2.24, 2.45) is 5.73 Å². The summed E-state index contributed by atoms with van der Waals surface area (Å²) >= 11 is 0. The molecule has 136 valence electrons. The van der Waals surface area contributed by atoms with Crippen LogP contribution in [-0.2, 0) is 36.7 Å². The molecule has 2 atom stereocenters. The lowest BCUT2D eigenvalue weighted by atomic mass is 9.76. The Hall–Kier alpha value is -2.70. The molecule has 1 aromatic rings. The summed E-state index contributed by atoms with van der Waals surface area (Å²) in [7, 11) is 0. The topological polar surface area (TPSA) is 148 Å². The number of alkyl halides is 3. The Morgan fingerprint density at radius 2 is 1.72 bits per heavy atom. The Labute approximate surface area is 137 Å². The fourth-order valence-electron chi connectivity index (χ4n) is 2.30. The van der Waals surface area contributed by atoms with Crippen molar-refractivity contribution < 1.29 is 47.4 Å². The van der Waals surface area contributed by atoms with Gasteiger partial charge >= 0.3 is 18.1 Å². The first kappa shape index (κ1) is 18.6. The molecule has 0 aliphatic carbocycles. The van der Waals surface area contributed by atoms with Gasteiger partial charge in [-0.1, -0.05) is 18.2 Å². The number of nitrogens with two attached hydrogens (primary N) is 1. The molecule has 25 heavy (non-hydrogen) atoms. The van der Waals surface area contributed by atoms with Gasteiger partial charge in [0.25, 0.3) is 11.5 Å². The van der Waals surface area contributed by atoms with Crippen LogP contribution in [0.2, 0.25) is 0 Å². The quantitative estimate of drug-likeness (QED) is 0.485. The van der Waals surface area contributed by atoms with Crippen LogP contribution >= 0.6 is 0 Å². The minimum Gasteiger partial charge on any atom is -0.375 e. The minimum atomic E-state index is -4.88. The molecule has 2 rings (SSSR count). The third-order valence-corrected chi connectivity index (χ3v) is 3.63. The van der Waals surface area contributed by atoms with E-state index < -0.39 is 52.8 Å². The number of primary amides is 1. The van der Waals surface area contributed by atoms with Crippen LogP contribution in [-0.4, -0.2) is 39.3 Å². The Kier molecular flexibility index (Phi) is 4.46. The van der Waals surface area contributed by atoms with Crippen LogP contribution in [0, 0.1) is 0 Å². The zero-order chi connectivity index (χ0) is 19.0. The Balaban J connectivity index is 2.63. The van der Waals surface area contributed by atoms with Gasteiger partial charge < -0.3 is 25.6 Å². The number of benzene rings is 1. The lowest BCUT2D eigenvalue weighted by molar-refractivity contribution is -0.199. The number of nitrogens with one attached hydrogen (secondary N) is 1. The molecule has 0 radical (unpaired) electrons. The van der Waals surface area contributed by atoms with Crippen molar-refractivity contribution in [3.05, 3.63) is 35.4 Å². The van der Waals surface area contributed by atoms with Gasteiger partial charge in [-0.2, -0.15) is 13.2 Å². The standard InChI is InChI=1S/C13H11F3N2O7/c14-13(15,16)7-4-2-1-3-6(7)5-11(22)9(20)24-18-25-10(21)12(11,23)8(17)19/h1-4,18,22-23H,5H2,(H2,17,19). The zero-order valence-electron chi connectivity index (χ0n) is 12.2. The van der Waals surface area contributed by atoms with E-state index in [2.05, 4.69) is 9.68 Å². The van der Waals surface area contributed by atoms with Crippen molar-refractivity contribution in [3.63, 3.8) is 0 Å². The van der Waals surface area contributed by atoms with Gasteiger partial charge in [0, 0.05) is 12.1 Å². The van der Waals surface area contributed by atoms with Crippen molar-refractivity contribution in [1.29, 1.82) is 0 Å². The van der Waals surface area contributed by atoms with Crippen molar-refractivity contribution in [1.82, 2.24) is 5.64 Å². The summed E-state index contributed by atoms with van der Waals surface area (Å²) in [6.45, 7) is 0. The number of hydrogen-bond acceptors (Lipinski definition) is 8. The summed E-state index contributed by atoms with van der Waals surface area (Å²) in [5, 5.41) is 20.7. The molecule has 2 unspecified atom stereocenters. The van der Waals surface area contributed by atoms with Crippen LogP contribution < -0.4 is 11.4 Å². The van der Waals surface area contributed by atoms with Crippen molar-refractivity contribution in [2.75, 3.05) is 0 Å². The average molecular weight is 364 g/mol. The maximum atomic E-state index is 13.1. The number of amides is 1. The Morgan fingerprint density at radius 3 is 2.28 bits per heavy atom. The average Bonchev–Trinajstić information content (AvgIpc) is 2.59. The lowest BCUT2D eigenvalue weighted by Crippen LogP contribution is -2.70. The number of carbonyl (C=O) groups excluding carboxylic acids is 3. The van der Waals surface area contributed by atoms with Gasteiger partial charge in [-0.15, -0.1) is 0 Å². The highest BCUT2D eigenvalue weighted by Crippen LogP contribution is 2.37. The summed E-state index contributed by atoms with van der Waals surface area (Å²) in [6, 6.07) is 3.70. The first-order valence-corrected chi connectivity index (χ1v) is 6.52. The van der Waals surface area contributed by atoms with Gasteiger partial charge in [0.05, 0.1) is 5.56 Å². The SMILES string of the molecule is NC(=O)C1(O)C(=O)ONOC(=O)C1(O)Cc1ccccc1C(F)(F)F. The van der Waals surface area contributed by atoms with Gasteiger partial charge in [0.2, 0.25) is 5.60 Å². The largest absolute Gasteiger partial charge is 0.416 e. The lowest BCUT2D eigenvalue weighted by Gasteiger charge is -2.34. The molecule has 5 N–H and O–H groups in total. The molecule has 1 aromatic carbocycles. The summed E-state index contributed by atoms with van der Waals surface area (Å²) in [5.41, 5.74) is -3.00. The molecule has 1 saturated heterocycles. The summed E-state index contributed by atoms with van der Waals surface area (Å²) < 4.78 is 39.2. The number of carbonyl (C=O) groups is 3. The maximum absolute atomic E-state index is 13.1. The van der Waals surface area contributed by atoms with E-state index in [4.69, 9.17) is 5.73 Å². The normalized spacial score (nSPS) is 27.2. The molecular formula is C13H11F3N2O7. The van der Waals surface area contributed by atoms with Crippen molar-refractivity contribution in [3.8, 4) is 0 Å². The molecule has 1 aliphatic rings. The van der Waals surface area contributed by atoms with E-state index in [0.29, 0.717) is 6.07 Å². The van der Waals surface area contributed by atoms with Gasteiger partial charge in [0.15, 0.2) is 0 Å². The van der Waals surface area contributed by atoms with Crippen LogP contribution in [0.25, 0.3) is 0 Å². The fraction of sp³-hybridized carbons (Fsp3) is 0.308.